The highest BCUT2D eigenvalue weighted by Gasteiger charge is 2.41. The van der Waals surface area contributed by atoms with E-state index in [4.69, 9.17) is 11.6 Å². The summed E-state index contributed by atoms with van der Waals surface area (Å²) < 4.78 is 4.67. The number of aliphatic hydroxyl groups is 2. The van der Waals surface area contributed by atoms with Crippen LogP contribution in [0.2, 0.25) is 0 Å². The monoisotopic (exact) mass is 478 g/mol. The predicted octanol–water partition coefficient (Wildman–Crippen LogP) is 6.27. The highest BCUT2D eigenvalue weighted by atomic mass is 35.5. The van der Waals surface area contributed by atoms with Gasteiger partial charge in [0.1, 0.15) is 0 Å². The number of aliphatic hydroxyl groups excluding tert-OH is 2. The molecule has 1 unspecified atom stereocenters. The minimum atomic E-state index is -0.455. The van der Waals surface area contributed by atoms with Crippen LogP contribution in [0.5, 0.6) is 0 Å². The number of esters is 1. The molecule has 2 N–H and O–H groups in total. The van der Waals surface area contributed by atoms with Crippen molar-refractivity contribution in [1.29, 1.82) is 0 Å². The lowest BCUT2D eigenvalue weighted by atomic mass is 9.76. The molecule has 0 spiro atoms. The van der Waals surface area contributed by atoms with Crippen LogP contribution < -0.4 is 0 Å². The van der Waals surface area contributed by atoms with Crippen molar-refractivity contribution in [2.24, 2.45) is 5.92 Å². The molecule has 5 atom stereocenters. The number of halogens is 1. The SMILES string of the molecule is CCCCCC(O)C(C)(C)c1ccc([C@@H]2[C@@H](C/C=C\CCCC(=O)OC)[C@H](Cl)C[C@H]2O)cc1. The number of alkyl halides is 1. The maximum atomic E-state index is 11.2. The molecule has 0 aliphatic heterocycles. The average Bonchev–Trinajstić information content (AvgIpc) is 3.08. The maximum Gasteiger partial charge on any atom is 0.305 e. The van der Waals surface area contributed by atoms with Crippen molar-refractivity contribution in [2.75, 3.05) is 7.11 Å². The molecular weight excluding hydrogens is 436 g/mol. The molecule has 0 bridgehead atoms. The van der Waals surface area contributed by atoms with Crippen LogP contribution in [0.25, 0.3) is 0 Å². The predicted molar refractivity (Wildman–Crippen MR) is 136 cm³/mol. The van der Waals surface area contributed by atoms with Gasteiger partial charge < -0.3 is 14.9 Å². The van der Waals surface area contributed by atoms with E-state index in [0.29, 0.717) is 12.8 Å². The van der Waals surface area contributed by atoms with Gasteiger partial charge in [0.05, 0.1) is 19.3 Å². The molecule has 1 aliphatic rings. The number of allylic oxidation sites excluding steroid dienone is 2. The molecule has 1 fully saturated rings. The molecule has 0 heterocycles. The Labute approximate surface area is 205 Å². The van der Waals surface area contributed by atoms with Gasteiger partial charge >= 0.3 is 5.97 Å². The third-order valence-corrected chi connectivity index (χ3v) is 7.82. The summed E-state index contributed by atoms with van der Waals surface area (Å²) in [6.07, 6.45) is 11.0. The number of methoxy groups -OCH3 is 1. The lowest BCUT2D eigenvalue weighted by molar-refractivity contribution is -0.140. The van der Waals surface area contributed by atoms with Crippen LogP contribution in [0.3, 0.4) is 0 Å². The van der Waals surface area contributed by atoms with Gasteiger partial charge in [-0.25, -0.2) is 0 Å². The van der Waals surface area contributed by atoms with E-state index in [-0.39, 0.29) is 34.7 Å². The van der Waals surface area contributed by atoms with Crippen LogP contribution in [0, 0.1) is 5.92 Å². The van der Waals surface area contributed by atoms with E-state index in [0.717, 1.165) is 56.1 Å². The van der Waals surface area contributed by atoms with E-state index in [9.17, 15) is 15.0 Å². The molecule has 0 radical (unpaired) electrons. The van der Waals surface area contributed by atoms with Gasteiger partial charge in [-0.2, -0.15) is 0 Å². The summed E-state index contributed by atoms with van der Waals surface area (Å²) in [5.41, 5.74) is 1.91. The highest BCUT2D eigenvalue weighted by Crippen LogP contribution is 2.45. The summed E-state index contributed by atoms with van der Waals surface area (Å²) in [4.78, 5) is 11.2. The van der Waals surface area contributed by atoms with Gasteiger partial charge in [0.2, 0.25) is 0 Å². The van der Waals surface area contributed by atoms with Crippen molar-refractivity contribution in [3.63, 3.8) is 0 Å². The second kappa shape index (κ2) is 13.5. The van der Waals surface area contributed by atoms with Crippen molar-refractivity contribution in [3.8, 4) is 0 Å². The van der Waals surface area contributed by atoms with Crippen molar-refractivity contribution in [2.45, 2.75) is 107 Å². The van der Waals surface area contributed by atoms with Crippen LogP contribution >= 0.6 is 11.6 Å². The molecule has 0 saturated heterocycles. The zero-order chi connectivity index (χ0) is 24.4. The second-order valence-electron chi connectivity index (χ2n) is 10.0. The van der Waals surface area contributed by atoms with E-state index < -0.39 is 6.10 Å². The van der Waals surface area contributed by atoms with E-state index >= 15 is 0 Å². The lowest BCUT2D eigenvalue weighted by Crippen LogP contribution is -2.33. The summed E-state index contributed by atoms with van der Waals surface area (Å²) in [5.74, 6) is -0.0146. The molecule has 186 valence electrons. The Bertz CT molecular complexity index is 743. The molecule has 4 nitrogen and oxygen atoms in total. The van der Waals surface area contributed by atoms with Gasteiger partial charge in [-0.05, 0) is 49.1 Å². The van der Waals surface area contributed by atoms with Crippen molar-refractivity contribution < 1.29 is 19.7 Å². The molecule has 1 aromatic carbocycles. The van der Waals surface area contributed by atoms with Crippen LogP contribution in [0.15, 0.2) is 36.4 Å². The van der Waals surface area contributed by atoms with Crippen LogP contribution in [-0.2, 0) is 14.9 Å². The van der Waals surface area contributed by atoms with Gasteiger partial charge in [0, 0.05) is 23.1 Å². The van der Waals surface area contributed by atoms with Gasteiger partial charge in [-0.15, -0.1) is 11.6 Å². The van der Waals surface area contributed by atoms with Gasteiger partial charge in [-0.3, -0.25) is 4.79 Å². The van der Waals surface area contributed by atoms with Crippen LogP contribution in [0.1, 0.15) is 95.6 Å². The normalized spacial score (nSPS) is 24.3. The van der Waals surface area contributed by atoms with Gasteiger partial charge in [0.15, 0.2) is 0 Å². The number of rotatable bonds is 13. The summed E-state index contributed by atoms with van der Waals surface area (Å²) >= 11 is 6.64. The summed E-state index contributed by atoms with van der Waals surface area (Å²) in [7, 11) is 1.41. The summed E-state index contributed by atoms with van der Waals surface area (Å²) in [6.45, 7) is 6.38. The standard InChI is InChI=1S/C28H43ClO4/c1-5-6-9-13-25(31)28(2,3)21-17-15-20(16-18-21)27-22(23(29)19-24(27)30)12-10-7-8-11-14-26(32)33-4/h7,10,15-18,22-25,27,30-31H,5-6,8-9,11-14,19H2,1-4H3/b10-7-/t22-,23+,24+,25?,27+/m0/s1. The molecule has 0 aromatic heterocycles. The summed E-state index contributed by atoms with van der Waals surface area (Å²) in [6, 6.07) is 8.41. The third kappa shape index (κ3) is 7.83. The molecule has 1 aromatic rings. The van der Waals surface area contributed by atoms with Crippen LogP contribution in [0.4, 0.5) is 0 Å². The van der Waals surface area contributed by atoms with Crippen molar-refractivity contribution in [3.05, 3.63) is 47.5 Å². The Hall–Kier alpha value is -1.36. The zero-order valence-electron chi connectivity index (χ0n) is 20.8. The third-order valence-electron chi connectivity index (χ3n) is 7.32. The average molecular weight is 479 g/mol. The first kappa shape index (κ1) is 27.9. The van der Waals surface area contributed by atoms with E-state index in [1.165, 1.54) is 7.11 Å². The first-order chi connectivity index (χ1) is 15.7. The Balaban J connectivity index is 2.02. The summed E-state index contributed by atoms with van der Waals surface area (Å²) in [5, 5.41) is 21.5. The molecule has 5 heteroatoms. The Kier molecular flexibility index (Phi) is 11.4. The minimum absolute atomic E-state index is 0.00106. The van der Waals surface area contributed by atoms with Crippen molar-refractivity contribution in [1.82, 2.24) is 0 Å². The first-order valence-electron chi connectivity index (χ1n) is 12.5. The zero-order valence-corrected chi connectivity index (χ0v) is 21.6. The fraction of sp³-hybridized carbons (Fsp3) is 0.679. The minimum Gasteiger partial charge on any atom is -0.469 e. The smallest absolute Gasteiger partial charge is 0.305 e. The molecule has 33 heavy (non-hydrogen) atoms. The fourth-order valence-corrected chi connectivity index (χ4v) is 5.38. The fourth-order valence-electron chi connectivity index (χ4n) is 4.94. The number of unbranched alkanes of at least 4 members (excludes halogenated alkanes) is 3. The lowest BCUT2D eigenvalue weighted by Gasteiger charge is -2.32. The first-order valence-corrected chi connectivity index (χ1v) is 13.0. The largest absolute Gasteiger partial charge is 0.469 e. The van der Waals surface area contributed by atoms with Gasteiger partial charge in [0.25, 0.3) is 0 Å². The Morgan fingerprint density at radius 3 is 2.55 bits per heavy atom. The van der Waals surface area contributed by atoms with E-state index in [2.05, 4.69) is 61.9 Å². The maximum absolute atomic E-state index is 11.2. The molecule has 0 amide bonds. The number of benzene rings is 1. The van der Waals surface area contributed by atoms with Crippen molar-refractivity contribution >= 4 is 17.6 Å². The number of ether oxygens (including phenoxy) is 1. The topological polar surface area (TPSA) is 66.8 Å². The van der Waals surface area contributed by atoms with Crippen LogP contribution in [-0.4, -0.2) is 40.9 Å². The van der Waals surface area contributed by atoms with Gasteiger partial charge in [-0.1, -0.05) is 76.5 Å². The number of carbonyl (C=O) groups excluding carboxylic acids is 1. The van der Waals surface area contributed by atoms with E-state index in [1.54, 1.807) is 0 Å². The van der Waals surface area contributed by atoms with E-state index in [1.807, 2.05) is 0 Å². The molecule has 1 saturated carbocycles. The quantitative estimate of drug-likeness (QED) is 0.152. The molecule has 2 rings (SSSR count). The second-order valence-corrected chi connectivity index (χ2v) is 10.6. The molecule has 1 aliphatic carbocycles. The highest BCUT2D eigenvalue weighted by molar-refractivity contribution is 6.21. The number of carbonyl (C=O) groups is 1. The number of hydrogen-bond acceptors (Lipinski definition) is 4. The molecular formula is C28H43ClO4. The Morgan fingerprint density at radius 1 is 1.21 bits per heavy atom. The number of hydrogen-bond donors (Lipinski definition) is 2. The Morgan fingerprint density at radius 2 is 1.91 bits per heavy atom.